The third-order valence-electron chi connectivity index (χ3n) is 3.37. The van der Waals surface area contributed by atoms with E-state index in [9.17, 15) is 4.79 Å². The van der Waals surface area contributed by atoms with Crippen molar-refractivity contribution in [3.8, 4) is 11.3 Å². The lowest BCUT2D eigenvalue weighted by atomic mass is 10.1. The van der Waals surface area contributed by atoms with Crippen molar-refractivity contribution in [2.24, 2.45) is 5.73 Å². The van der Waals surface area contributed by atoms with Gasteiger partial charge in [0.1, 0.15) is 0 Å². The quantitative estimate of drug-likeness (QED) is 0.847. The van der Waals surface area contributed by atoms with Crippen LogP contribution in [0, 0.1) is 6.92 Å². The zero-order valence-corrected chi connectivity index (χ0v) is 15.6. The first-order valence-electron chi connectivity index (χ1n) is 7.48. The number of benzene rings is 1. The lowest BCUT2D eigenvalue weighted by molar-refractivity contribution is -0.120. The smallest absolute Gasteiger partial charge is 0.245 e. The van der Waals surface area contributed by atoms with Gasteiger partial charge in [-0.3, -0.25) is 4.79 Å². The standard InChI is InChI=1S/C17H23N3OS.ClH/c1-5-6-12-7-9-13(10-8-12)14-11(2)22-16(19-14)20-15(21)17(3,4)18;/h7-10H,5-6,18H2,1-4H3,(H,19,20,21);1H. The molecule has 2 rings (SSSR count). The summed E-state index contributed by atoms with van der Waals surface area (Å²) >= 11 is 1.47. The summed E-state index contributed by atoms with van der Waals surface area (Å²) in [5.74, 6) is -0.230. The van der Waals surface area contributed by atoms with Crippen LogP contribution < -0.4 is 11.1 Å². The Bertz CT molecular complexity index is 659. The molecule has 126 valence electrons. The molecule has 1 aromatic carbocycles. The SMILES string of the molecule is CCCc1ccc(-c2nc(NC(=O)C(C)(C)N)sc2C)cc1.Cl. The number of halogens is 1. The molecule has 0 bridgehead atoms. The summed E-state index contributed by atoms with van der Waals surface area (Å²) in [6.45, 7) is 7.54. The number of carbonyl (C=O) groups excluding carboxylic acids is 1. The minimum absolute atomic E-state index is 0. The van der Waals surface area contributed by atoms with Crippen LogP contribution in [0.15, 0.2) is 24.3 Å². The molecular weight excluding hydrogens is 330 g/mol. The number of nitrogens with one attached hydrogen (secondary N) is 1. The van der Waals surface area contributed by atoms with Gasteiger partial charge >= 0.3 is 0 Å². The first-order chi connectivity index (χ1) is 10.3. The predicted molar refractivity (Wildman–Crippen MR) is 100 cm³/mol. The van der Waals surface area contributed by atoms with Gasteiger partial charge in [-0.1, -0.05) is 37.6 Å². The van der Waals surface area contributed by atoms with Crippen LogP contribution in [0.2, 0.25) is 0 Å². The van der Waals surface area contributed by atoms with Crippen LogP contribution in [0.5, 0.6) is 0 Å². The van der Waals surface area contributed by atoms with Crippen LogP contribution in [-0.2, 0) is 11.2 Å². The van der Waals surface area contributed by atoms with E-state index in [-0.39, 0.29) is 18.3 Å². The lowest BCUT2D eigenvalue weighted by Gasteiger charge is -2.16. The van der Waals surface area contributed by atoms with E-state index < -0.39 is 5.54 Å². The fraction of sp³-hybridized carbons (Fsp3) is 0.412. The molecular formula is C17H24ClN3OS. The Balaban J connectivity index is 0.00000264. The normalized spacial score (nSPS) is 11.0. The number of thiazole rings is 1. The molecule has 0 aliphatic heterocycles. The second-order valence-corrected chi connectivity index (χ2v) is 7.25. The number of carbonyl (C=O) groups is 1. The molecule has 0 aliphatic carbocycles. The summed E-state index contributed by atoms with van der Waals surface area (Å²) in [6.07, 6.45) is 2.23. The van der Waals surface area contributed by atoms with Crippen molar-refractivity contribution in [1.82, 2.24) is 4.98 Å². The highest BCUT2D eigenvalue weighted by molar-refractivity contribution is 7.16. The van der Waals surface area contributed by atoms with Crippen molar-refractivity contribution < 1.29 is 4.79 Å². The van der Waals surface area contributed by atoms with Gasteiger partial charge in [0, 0.05) is 10.4 Å². The number of rotatable bonds is 5. The summed E-state index contributed by atoms with van der Waals surface area (Å²) in [6, 6.07) is 8.45. The van der Waals surface area contributed by atoms with E-state index in [1.807, 2.05) is 6.92 Å². The zero-order valence-electron chi connectivity index (χ0n) is 14.0. The Morgan fingerprint density at radius 1 is 1.30 bits per heavy atom. The van der Waals surface area contributed by atoms with Crippen LogP contribution in [0.3, 0.4) is 0 Å². The predicted octanol–water partition coefficient (Wildman–Crippen LogP) is 4.17. The lowest BCUT2D eigenvalue weighted by Crippen LogP contribution is -2.45. The number of amides is 1. The van der Waals surface area contributed by atoms with Crippen LogP contribution in [0.25, 0.3) is 11.3 Å². The van der Waals surface area contributed by atoms with Gasteiger partial charge < -0.3 is 11.1 Å². The molecule has 0 atom stereocenters. The number of anilines is 1. The zero-order chi connectivity index (χ0) is 16.3. The Morgan fingerprint density at radius 2 is 1.91 bits per heavy atom. The first kappa shape index (κ1) is 19.6. The Hall–Kier alpha value is -1.43. The fourth-order valence-electron chi connectivity index (χ4n) is 2.09. The molecule has 0 saturated carbocycles. The molecule has 23 heavy (non-hydrogen) atoms. The monoisotopic (exact) mass is 353 g/mol. The van der Waals surface area contributed by atoms with Gasteiger partial charge in [0.15, 0.2) is 5.13 Å². The average Bonchev–Trinajstić information content (AvgIpc) is 2.80. The van der Waals surface area contributed by atoms with Gasteiger partial charge in [-0.05, 0) is 32.8 Å². The van der Waals surface area contributed by atoms with E-state index in [2.05, 4.69) is 41.5 Å². The molecule has 0 fully saturated rings. The van der Waals surface area contributed by atoms with E-state index in [1.165, 1.54) is 16.9 Å². The summed E-state index contributed by atoms with van der Waals surface area (Å²) < 4.78 is 0. The van der Waals surface area contributed by atoms with E-state index in [0.717, 1.165) is 29.0 Å². The van der Waals surface area contributed by atoms with E-state index in [4.69, 9.17) is 5.73 Å². The highest BCUT2D eigenvalue weighted by Crippen LogP contribution is 2.30. The van der Waals surface area contributed by atoms with Crippen LogP contribution in [0.4, 0.5) is 5.13 Å². The van der Waals surface area contributed by atoms with Crippen molar-refractivity contribution in [1.29, 1.82) is 0 Å². The number of nitrogens with two attached hydrogens (primary N) is 1. The average molecular weight is 354 g/mol. The van der Waals surface area contributed by atoms with Crippen molar-refractivity contribution in [2.75, 3.05) is 5.32 Å². The molecule has 1 amide bonds. The number of aryl methyl sites for hydroxylation is 2. The maximum atomic E-state index is 11.9. The first-order valence-corrected chi connectivity index (χ1v) is 8.30. The van der Waals surface area contributed by atoms with E-state index in [0.29, 0.717) is 5.13 Å². The fourth-order valence-corrected chi connectivity index (χ4v) is 2.92. The Kier molecular flexibility index (Phi) is 6.74. The van der Waals surface area contributed by atoms with Gasteiger partial charge in [-0.15, -0.1) is 23.7 Å². The highest BCUT2D eigenvalue weighted by atomic mass is 35.5. The molecule has 0 saturated heterocycles. The minimum Gasteiger partial charge on any atom is -0.318 e. The molecule has 0 spiro atoms. The minimum atomic E-state index is -0.915. The van der Waals surface area contributed by atoms with E-state index in [1.54, 1.807) is 13.8 Å². The molecule has 2 aromatic rings. The molecule has 0 unspecified atom stereocenters. The van der Waals surface area contributed by atoms with Gasteiger partial charge in [0.2, 0.25) is 5.91 Å². The van der Waals surface area contributed by atoms with Crippen molar-refractivity contribution in [3.63, 3.8) is 0 Å². The topological polar surface area (TPSA) is 68.0 Å². The largest absolute Gasteiger partial charge is 0.318 e. The third kappa shape index (κ3) is 5.03. The molecule has 1 heterocycles. The summed E-state index contributed by atoms with van der Waals surface area (Å²) in [7, 11) is 0. The summed E-state index contributed by atoms with van der Waals surface area (Å²) in [5.41, 5.74) is 8.19. The van der Waals surface area contributed by atoms with Crippen LogP contribution >= 0.6 is 23.7 Å². The van der Waals surface area contributed by atoms with Crippen LogP contribution in [0.1, 0.15) is 37.6 Å². The Labute approximate surface area is 147 Å². The molecule has 6 heteroatoms. The maximum absolute atomic E-state index is 11.9. The molecule has 0 radical (unpaired) electrons. The number of nitrogens with zero attached hydrogens (tertiary/aromatic N) is 1. The van der Waals surface area contributed by atoms with Gasteiger partial charge in [0.05, 0.1) is 11.2 Å². The Morgan fingerprint density at radius 3 is 2.43 bits per heavy atom. The highest BCUT2D eigenvalue weighted by Gasteiger charge is 2.23. The van der Waals surface area contributed by atoms with Gasteiger partial charge in [-0.25, -0.2) is 4.98 Å². The summed E-state index contributed by atoms with van der Waals surface area (Å²) in [4.78, 5) is 17.6. The molecule has 4 nitrogen and oxygen atoms in total. The van der Waals surface area contributed by atoms with Crippen LogP contribution in [-0.4, -0.2) is 16.4 Å². The molecule has 3 N–H and O–H groups in total. The van der Waals surface area contributed by atoms with Gasteiger partial charge in [0.25, 0.3) is 0 Å². The van der Waals surface area contributed by atoms with Gasteiger partial charge in [-0.2, -0.15) is 0 Å². The maximum Gasteiger partial charge on any atom is 0.245 e. The second-order valence-electron chi connectivity index (χ2n) is 6.05. The van der Waals surface area contributed by atoms with Crippen molar-refractivity contribution >= 4 is 34.8 Å². The molecule has 1 aromatic heterocycles. The number of hydrogen-bond acceptors (Lipinski definition) is 4. The molecule has 0 aliphatic rings. The number of aromatic nitrogens is 1. The summed E-state index contributed by atoms with van der Waals surface area (Å²) in [5, 5.41) is 3.38. The number of hydrogen-bond donors (Lipinski definition) is 2. The third-order valence-corrected chi connectivity index (χ3v) is 4.25. The van der Waals surface area contributed by atoms with E-state index >= 15 is 0 Å². The van der Waals surface area contributed by atoms with Crippen molar-refractivity contribution in [2.45, 2.75) is 46.1 Å². The second kappa shape index (κ2) is 7.90. The van der Waals surface area contributed by atoms with Crippen molar-refractivity contribution in [3.05, 3.63) is 34.7 Å².